The Bertz CT molecular complexity index is 1180. The highest BCUT2D eigenvalue weighted by molar-refractivity contribution is 5.91. The van der Waals surface area contributed by atoms with Crippen LogP contribution in [0.4, 0.5) is 0 Å². The second kappa shape index (κ2) is 8.02. The molecule has 2 bridgehead atoms. The van der Waals surface area contributed by atoms with Crippen molar-refractivity contribution in [3.8, 4) is 11.5 Å². The number of nitrogens with one attached hydrogen (secondary N) is 1. The molecule has 7 nitrogen and oxygen atoms in total. The first kappa shape index (κ1) is 23.0. The third kappa shape index (κ3) is 3.21. The lowest BCUT2D eigenvalue weighted by molar-refractivity contribution is -0.192. The number of ether oxygens (including phenoxy) is 1. The molecule has 3 fully saturated rings. The molecule has 2 aromatic rings. The number of halogens is 1. The molecule has 1 aromatic heterocycles. The minimum atomic E-state index is -0.942. The number of hydrogen-bond acceptors (Lipinski definition) is 6. The lowest BCUT2D eigenvalue weighted by atomic mass is 9.48. The van der Waals surface area contributed by atoms with Gasteiger partial charge in [0.1, 0.15) is 11.9 Å². The number of carbonyl (C=O) groups is 1. The molecule has 1 amide bonds. The van der Waals surface area contributed by atoms with E-state index >= 15 is 0 Å². The van der Waals surface area contributed by atoms with Crippen molar-refractivity contribution in [2.45, 2.75) is 67.7 Å². The molecular formula is C27H31ClN2O5. The van der Waals surface area contributed by atoms with Gasteiger partial charge in [0.15, 0.2) is 11.5 Å². The molecule has 0 unspecified atom stereocenters. The largest absolute Gasteiger partial charge is 0.504 e. The second-order valence-electron chi connectivity index (χ2n) is 10.8. The van der Waals surface area contributed by atoms with E-state index in [-0.39, 0.29) is 36.1 Å². The van der Waals surface area contributed by atoms with Gasteiger partial charge in [-0.25, -0.2) is 0 Å². The Kier molecular flexibility index (Phi) is 5.26. The smallest absolute Gasteiger partial charge is 0.244 e. The third-order valence-electron chi connectivity index (χ3n) is 9.03. The Balaban J connectivity index is 0.00000229. The summed E-state index contributed by atoms with van der Waals surface area (Å²) in [5, 5.41) is 26.3. The molecule has 1 saturated heterocycles. The number of rotatable bonds is 5. The van der Waals surface area contributed by atoms with Crippen LogP contribution < -0.4 is 10.1 Å². The normalized spacial score (nSPS) is 34.7. The van der Waals surface area contributed by atoms with Crippen LogP contribution in [-0.4, -0.2) is 57.9 Å². The average Bonchev–Trinajstić information content (AvgIpc) is 3.33. The SMILES string of the molecule is Cl.O=C(/C=C/c1ccco1)N[C@@H]1CC[C@@]2(O)[C@H]3Cc4ccc(O)c5c4[C@@]2(CCN3CC2CC2)[C@H]1O5. The number of nitrogens with zero attached hydrogens (tertiary/aromatic N) is 1. The number of benzene rings is 1. The number of amides is 1. The van der Waals surface area contributed by atoms with Crippen molar-refractivity contribution in [1.82, 2.24) is 10.2 Å². The van der Waals surface area contributed by atoms with Crippen LogP contribution in [0, 0.1) is 5.92 Å². The van der Waals surface area contributed by atoms with Crippen LogP contribution in [0.5, 0.6) is 11.5 Å². The predicted molar refractivity (Wildman–Crippen MR) is 132 cm³/mol. The van der Waals surface area contributed by atoms with Crippen LogP contribution in [0.2, 0.25) is 0 Å². The Morgan fingerprint density at radius 2 is 2.09 bits per heavy atom. The first-order valence-corrected chi connectivity index (χ1v) is 12.5. The average molecular weight is 499 g/mol. The fraction of sp³-hybridized carbons (Fsp3) is 0.519. The quantitative estimate of drug-likeness (QED) is 0.548. The van der Waals surface area contributed by atoms with Crippen LogP contribution >= 0.6 is 12.4 Å². The maximum atomic E-state index is 12.8. The number of piperidine rings is 1. The summed E-state index contributed by atoms with van der Waals surface area (Å²) in [5.74, 6) is 1.77. The number of carbonyl (C=O) groups excluding carboxylic acids is 1. The van der Waals surface area contributed by atoms with Gasteiger partial charge in [-0.15, -0.1) is 12.4 Å². The summed E-state index contributed by atoms with van der Waals surface area (Å²) in [4.78, 5) is 15.3. The van der Waals surface area contributed by atoms with Gasteiger partial charge in [0.05, 0.1) is 23.3 Å². The summed E-state index contributed by atoms with van der Waals surface area (Å²) in [5.41, 5.74) is 0.574. The molecule has 3 aliphatic carbocycles. The van der Waals surface area contributed by atoms with E-state index in [1.165, 1.54) is 18.9 Å². The number of aromatic hydroxyl groups is 1. The molecule has 5 aliphatic rings. The van der Waals surface area contributed by atoms with Gasteiger partial charge in [-0.3, -0.25) is 9.69 Å². The van der Waals surface area contributed by atoms with Crippen molar-refractivity contribution >= 4 is 24.4 Å². The Morgan fingerprint density at radius 1 is 1.23 bits per heavy atom. The van der Waals surface area contributed by atoms with Gasteiger partial charge in [-0.05, 0) is 80.8 Å². The van der Waals surface area contributed by atoms with Crippen molar-refractivity contribution < 1.29 is 24.2 Å². The molecule has 35 heavy (non-hydrogen) atoms. The maximum absolute atomic E-state index is 12.8. The number of phenols is 1. The molecule has 2 saturated carbocycles. The van der Waals surface area contributed by atoms with Gasteiger partial charge in [0.25, 0.3) is 0 Å². The number of hydrogen-bond donors (Lipinski definition) is 3. The van der Waals surface area contributed by atoms with Gasteiger partial charge in [-0.1, -0.05) is 6.07 Å². The van der Waals surface area contributed by atoms with Gasteiger partial charge in [-0.2, -0.15) is 0 Å². The van der Waals surface area contributed by atoms with E-state index in [9.17, 15) is 15.0 Å². The zero-order chi connectivity index (χ0) is 23.1. The highest BCUT2D eigenvalue weighted by Crippen LogP contribution is 2.65. The van der Waals surface area contributed by atoms with Crippen molar-refractivity contribution in [2.24, 2.45) is 5.92 Å². The molecule has 1 aromatic carbocycles. The van der Waals surface area contributed by atoms with E-state index in [4.69, 9.17) is 9.15 Å². The van der Waals surface area contributed by atoms with Gasteiger partial charge < -0.3 is 24.7 Å². The van der Waals surface area contributed by atoms with E-state index in [2.05, 4.69) is 10.2 Å². The van der Waals surface area contributed by atoms with E-state index in [0.717, 1.165) is 43.0 Å². The van der Waals surface area contributed by atoms with Crippen LogP contribution in [0.25, 0.3) is 6.08 Å². The first-order valence-electron chi connectivity index (χ1n) is 12.5. The molecule has 7 rings (SSSR count). The van der Waals surface area contributed by atoms with E-state index < -0.39 is 17.1 Å². The molecule has 0 radical (unpaired) electrons. The van der Waals surface area contributed by atoms with Crippen LogP contribution in [0.15, 0.2) is 41.0 Å². The zero-order valence-electron chi connectivity index (χ0n) is 19.5. The molecule has 2 aliphatic heterocycles. The standard InChI is InChI=1S/C27H30N2O5.ClH/c30-20-7-5-17-14-21-27(32)10-9-19(28-22(31)8-6-18-2-1-13-33-18)25-26(27,23(17)24(20)34-25)11-12-29(21)15-16-3-4-16;/h1-2,5-8,13,16,19,21,25,30,32H,3-4,9-12,14-15H2,(H,28,31);1H/b8-6+;/t19-,21-,25+,26+,27-;/m1./s1. The minimum Gasteiger partial charge on any atom is -0.504 e. The molecule has 186 valence electrons. The fourth-order valence-electron chi connectivity index (χ4n) is 7.40. The van der Waals surface area contributed by atoms with Crippen LogP contribution in [0.3, 0.4) is 0 Å². The Labute approximate surface area is 210 Å². The number of phenolic OH excluding ortho intramolecular Hbond substituents is 1. The van der Waals surface area contributed by atoms with E-state index in [0.29, 0.717) is 24.4 Å². The molecule has 1 spiro atoms. The van der Waals surface area contributed by atoms with Gasteiger partial charge in [0, 0.05) is 24.2 Å². The van der Waals surface area contributed by atoms with Gasteiger partial charge in [0.2, 0.25) is 5.91 Å². The van der Waals surface area contributed by atoms with Crippen LogP contribution in [0.1, 0.15) is 49.0 Å². The Morgan fingerprint density at radius 3 is 2.86 bits per heavy atom. The molecular weight excluding hydrogens is 468 g/mol. The van der Waals surface area contributed by atoms with Crippen molar-refractivity contribution in [3.05, 3.63) is 53.5 Å². The predicted octanol–water partition coefficient (Wildman–Crippen LogP) is 3.17. The first-order chi connectivity index (χ1) is 16.5. The zero-order valence-corrected chi connectivity index (χ0v) is 20.3. The number of furan rings is 1. The summed E-state index contributed by atoms with van der Waals surface area (Å²) in [6.07, 6.45) is 9.60. The molecule has 5 atom stereocenters. The number of aliphatic hydroxyl groups is 1. The second-order valence-corrected chi connectivity index (χ2v) is 10.8. The summed E-state index contributed by atoms with van der Waals surface area (Å²) in [7, 11) is 0. The van der Waals surface area contributed by atoms with E-state index in [1.54, 1.807) is 30.5 Å². The van der Waals surface area contributed by atoms with Crippen molar-refractivity contribution in [2.75, 3.05) is 13.1 Å². The highest BCUT2D eigenvalue weighted by atomic mass is 35.5. The van der Waals surface area contributed by atoms with E-state index in [1.807, 2.05) is 6.07 Å². The summed E-state index contributed by atoms with van der Waals surface area (Å²) < 4.78 is 11.8. The highest BCUT2D eigenvalue weighted by Gasteiger charge is 2.73. The molecule has 3 N–H and O–H groups in total. The number of likely N-dealkylation sites (tertiary alicyclic amines) is 1. The fourth-order valence-corrected chi connectivity index (χ4v) is 7.40. The topological polar surface area (TPSA) is 95.2 Å². The third-order valence-corrected chi connectivity index (χ3v) is 9.03. The minimum absolute atomic E-state index is 0. The molecule has 3 heterocycles. The lowest BCUT2D eigenvalue weighted by Crippen LogP contribution is -2.78. The monoisotopic (exact) mass is 498 g/mol. The Hall–Kier alpha value is -2.48. The van der Waals surface area contributed by atoms with Crippen LogP contribution in [-0.2, 0) is 16.6 Å². The summed E-state index contributed by atoms with van der Waals surface area (Å²) in [6.45, 7) is 1.95. The maximum Gasteiger partial charge on any atom is 0.244 e. The summed E-state index contributed by atoms with van der Waals surface area (Å²) in [6, 6.07) is 7.06. The molecule has 8 heteroatoms. The van der Waals surface area contributed by atoms with Crippen molar-refractivity contribution in [3.63, 3.8) is 0 Å². The van der Waals surface area contributed by atoms with Crippen molar-refractivity contribution in [1.29, 1.82) is 0 Å². The lowest BCUT2D eigenvalue weighted by Gasteiger charge is -2.64. The summed E-state index contributed by atoms with van der Waals surface area (Å²) >= 11 is 0. The van der Waals surface area contributed by atoms with Gasteiger partial charge >= 0.3 is 0 Å².